The Labute approximate surface area is 228 Å². The van der Waals surface area contributed by atoms with Crippen molar-refractivity contribution >= 4 is 16.7 Å². The van der Waals surface area contributed by atoms with Crippen LogP contribution < -0.4 is 10.5 Å². The Morgan fingerprint density at radius 3 is 2.44 bits per heavy atom. The number of fused-ring (bicyclic) bond motifs is 1. The first-order valence-electron chi connectivity index (χ1n) is 13.8. The Bertz CT molecular complexity index is 1420. The molecule has 10 heteroatoms. The molecule has 0 saturated carbocycles. The number of pyridine rings is 1. The number of aryl methyl sites for hydroxylation is 1. The molecule has 2 fully saturated rings. The van der Waals surface area contributed by atoms with Crippen molar-refractivity contribution in [3.63, 3.8) is 0 Å². The Morgan fingerprint density at radius 2 is 1.82 bits per heavy atom. The van der Waals surface area contributed by atoms with Gasteiger partial charge in [-0.2, -0.15) is 10.4 Å². The first-order valence-corrected chi connectivity index (χ1v) is 13.8. The summed E-state index contributed by atoms with van der Waals surface area (Å²) in [7, 11) is 1.74. The highest BCUT2D eigenvalue weighted by atomic mass is 19.3. The molecule has 39 heavy (non-hydrogen) atoms. The lowest BCUT2D eigenvalue weighted by atomic mass is 9.96. The molecule has 0 spiro atoms. The van der Waals surface area contributed by atoms with Crippen molar-refractivity contribution < 1.29 is 8.78 Å². The summed E-state index contributed by atoms with van der Waals surface area (Å²) in [6, 6.07) is 12.8. The molecule has 8 nitrogen and oxygen atoms in total. The first-order chi connectivity index (χ1) is 18.6. The summed E-state index contributed by atoms with van der Waals surface area (Å²) < 4.78 is 29.6. The van der Waals surface area contributed by atoms with Gasteiger partial charge in [-0.25, -0.2) is 8.78 Å². The van der Waals surface area contributed by atoms with Crippen molar-refractivity contribution in [3.8, 4) is 6.07 Å². The Balaban J connectivity index is 1.37. The van der Waals surface area contributed by atoms with Crippen LogP contribution in [0.4, 0.5) is 14.5 Å². The molecule has 0 amide bonds. The van der Waals surface area contributed by atoms with Crippen LogP contribution in [0.15, 0.2) is 41.3 Å². The van der Waals surface area contributed by atoms with E-state index in [0.717, 1.165) is 48.2 Å². The van der Waals surface area contributed by atoms with E-state index in [1.807, 2.05) is 0 Å². The van der Waals surface area contributed by atoms with Gasteiger partial charge in [-0.05, 0) is 30.9 Å². The van der Waals surface area contributed by atoms with Crippen LogP contribution in [0.5, 0.6) is 0 Å². The number of hydrogen-bond donors (Lipinski definition) is 0. The largest absolute Gasteiger partial charge is 0.364 e. The first kappa shape index (κ1) is 27.3. The molecule has 1 aromatic carbocycles. The summed E-state index contributed by atoms with van der Waals surface area (Å²) in [5, 5.41) is 13.9. The van der Waals surface area contributed by atoms with Gasteiger partial charge in [-0.3, -0.25) is 19.3 Å². The zero-order chi connectivity index (χ0) is 27.9. The third kappa shape index (κ3) is 5.30. The molecule has 0 N–H and O–H groups in total. The third-order valence-corrected chi connectivity index (χ3v) is 8.44. The van der Waals surface area contributed by atoms with Crippen LogP contribution in [0, 0.1) is 11.3 Å². The predicted molar refractivity (Wildman–Crippen MR) is 148 cm³/mol. The second-order valence-corrected chi connectivity index (χ2v) is 11.0. The van der Waals surface area contributed by atoms with E-state index < -0.39 is 5.92 Å². The maximum absolute atomic E-state index is 13.2. The number of nitriles is 1. The Morgan fingerprint density at radius 1 is 1.13 bits per heavy atom. The highest BCUT2D eigenvalue weighted by molar-refractivity contribution is 5.88. The SMILES string of the molecule is CC[C@H]1CN(C(C)c2ccc(CN3CC(F)(F)C3)cc2)[C@H](CC)CN1c1cc(=O)n(C)c2cn(CC#N)nc12. The molecular formula is C29H37F2N7O. The molecule has 4 heterocycles. The van der Waals surface area contributed by atoms with Crippen LogP contribution in [-0.4, -0.2) is 68.3 Å². The lowest BCUT2D eigenvalue weighted by Crippen LogP contribution is -2.58. The van der Waals surface area contributed by atoms with Crippen LogP contribution in [0.2, 0.25) is 0 Å². The summed E-state index contributed by atoms with van der Waals surface area (Å²) in [6.45, 7) is 8.57. The van der Waals surface area contributed by atoms with Crippen molar-refractivity contribution in [1.29, 1.82) is 5.26 Å². The zero-order valence-electron chi connectivity index (χ0n) is 23.1. The normalized spacial score (nSPS) is 22.5. The fraction of sp³-hybridized carbons (Fsp3) is 0.552. The van der Waals surface area contributed by atoms with Gasteiger partial charge < -0.3 is 9.47 Å². The van der Waals surface area contributed by atoms with Crippen LogP contribution in [0.1, 0.15) is 50.8 Å². The molecule has 1 unspecified atom stereocenters. The number of piperazine rings is 1. The second-order valence-electron chi connectivity index (χ2n) is 11.0. The third-order valence-electron chi connectivity index (χ3n) is 8.44. The average Bonchev–Trinajstić information content (AvgIpc) is 3.33. The molecule has 2 aliphatic rings. The minimum absolute atomic E-state index is 0.0882. The summed E-state index contributed by atoms with van der Waals surface area (Å²) in [4.78, 5) is 19.6. The standard InChI is InChI=1S/C29H37F2N7O/c1-5-23-16-38(25-13-27(39)34(4)26-17-36(12-11-32)33-28(25)26)24(6-2)15-37(23)20(3)22-9-7-21(8-10-22)14-35-18-29(30,31)19-35/h7-10,13,17,20,23-24H,5-6,12,14-16,18-19H2,1-4H3/t20?,23-,24+/m1/s1. The molecule has 0 radical (unpaired) electrons. The van der Waals surface area contributed by atoms with E-state index in [-0.39, 0.29) is 43.3 Å². The molecule has 208 valence electrons. The number of rotatable bonds is 8. The Kier molecular flexibility index (Phi) is 7.49. The Hall–Kier alpha value is -3.29. The highest BCUT2D eigenvalue weighted by Crippen LogP contribution is 2.35. The summed E-state index contributed by atoms with van der Waals surface area (Å²) in [5.41, 5.74) is 4.49. The van der Waals surface area contributed by atoms with E-state index in [4.69, 9.17) is 0 Å². The molecule has 2 aliphatic heterocycles. The maximum Gasteiger partial charge on any atom is 0.272 e. The number of likely N-dealkylation sites (tertiary alicyclic amines) is 1. The van der Waals surface area contributed by atoms with Crippen LogP contribution in [0.3, 0.4) is 0 Å². The minimum Gasteiger partial charge on any atom is -0.364 e. The number of alkyl halides is 2. The molecule has 0 aliphatic carbocycles. The number of benzene rings is 1. The van der Waals surface area contributed by atoms with E-state index >= 15 is 0 Å². The molecule has 2 saturated heterocycles. The summed E-state index contributed by atoms with van der Waals surface area (Å²) >= 11 is 0. The summed E-state index contributed by atoms with van der Waals surface area (Å²) in [6.07, 6.45) is 3.64. The average molecular weight is 538 g/mol. The van der Waals surface area contributed by atoms with Crippen molar-refractivity contribution in [2.24, 2.45) is 7.05 Å². The number of aromatic nitrogens is 3. The van der Waals surface area contributed by atoms with Gasteiger partial charge in [0, 0.05) is 50.9 Å². The lowest BCUT2D eigenvalue weighted by molar-refractivity contribution is -0.133. The monoisotopic (exact) mass is 537 g/mol. The molecule has 3 aromatic rings. The fourth-order valence-corrected chi connectivity index (χ4v) is 6.14. The van der Waals surface area contributed by atoms with Gasteiger partial charge in [0.15, 0.2) is 0 Å². The summed E-state index contributed by atoms with van der Waals surface area (Å²) in [5.74, 6) is -2.54. The second kappa shape index (κ2) is 10.7. The van der Waals surface area contributed by atoms with Crippen LogP contribution >= 0.6 is 0 Å². The fourth-order valence-electron chi connectivity index (χ4n) is 6.14. The highest BCUT2D eigenvalue weighted by Gasteiger charge is 2.43. The van der Waals surface area contributed by atoms with Gasteiger partial charge in [0.2, 0.25) is 0 Å². The van der Waals surface area contributed by atoms with E-state index in [1.54, 1.807) is 33.5 Å². The smallest absolute Gasteiger partial charge is 0.272 e. The van der Waals surface area contributed by atoms with Crippen LogP contribution in [0.25, 0.3) is 11.0 Å². The molecular weight excluding hydrogens is 500 g/mol. The van der Waals surface area contributed by atoms with Crippen molar-refractivity contribution in [1.82, 2.24) is 24.1 Å². The van der Waals surface area contributed by atoms with Gasteiger partial charge in [0.05, 0.1) is 36.6 Å². The van der Waals surface area contributed by atoms with Crippen molar-refractivity contribution in [3.05, 3.63) is 58.0 Å². The van der Waals surface area contributed by atoms with E-state index in [1.165, 1.54) is 5.56 Å². The van der Waals surface area contributed by atoms with Gasteiger partial charge in [-0.15, -0.1) is 0 Å². The quantitative estimate of drug-likeness (QED) is 0.430. The van der Waals surface area contributed by atoms with Gasteiger partial charge in [0.1, 0.15) is 12.1 Å². The van der Waals surface area contributed by atoms with Gasteiger partial charge >= 0.3 is 0 Å². The topological polar surface area (TPSA) is 73.3 Å². The zero-order valence-corrected chi connectivity index (χ0v) is 23.1. The molecule has 3 atom stereocenters. The number of halogens is 2. The lowest BCUT2D eigenvalue weighted by Gasteiger charge is -2.49. The number of hydrogen-bond acceptors (Lipinski definition) is 6. The van der Waals surface area contributed by atoms with Crippen LogP contribution in [-0.2, 0) is 20.1 Å². The maximum atomic E-state index is 13.2. The van der Waals surface area contributed by atoms with Crippen molar-refractivity contribution in [2.45, 2.75) is 70.8 Å². The van der Waals surface area contributed by atoms with E-state index in [0.29, 0.717) is 6.54 Å². The molecule has 2 aromatic heterocycles. The van der Waals surface area contributed by atoms with E-state index in [9.17, 15) is 18.8 Å². The van der Waals surface area contributed by atoms with Gasteiger partial charge in [-0.1, -0.05) is 38.1 Å². The van der Waals surface area contributed by atoms with Gasteiger partial charge in [0.25, 0.3) is 11.5 Å². The van der Waals surface area contributed by atoms with Crippen molar-refractivity contribution in [2.75, 3.05) is 31.1 Å². The number of nitrogens with zero attached hydrogens (tertiary/aromatic N) is 7. The molecule has 0 bridgehead atoms. The van der Waals surface area contributed by atoms with E-state index in [2.05, 4.69) is 66.0 Å². The number of anilines is 1. The molecule has 5 rings (SSSR count). The predicted octanol–water partition coefficient (Wildman–Crippen LogP) is 4.15. The minimum atomic E-state index is -2.54.